The van der Waals surface area contributed by atoms with Gasteiger partial charge in [-0.1, -0.05) is 23.7 Å². The van der Waals surface area contributed by atoms with Crippen LogP contribution in [0, 0.1) is 0 Å². The highest BCUT2D eigenvalue weighted by atomic mass is 35.5. The van der Waals surface area contributed by atoms with Crippen molar-refractivity contribution in [3.63, 3.8) is 0 Å². The zero-order chi connectivity index (χ0) is 18.5. The van der Waals surface area contributed by atoms with E-state index in [2.05, 4.69) is 15.2 Å². The van der Waals surface area contributed by atoms with Crippen LogP contribution in [0.15, 0.2) is 60.8 Å². The van der Waals surface area contributed by atoms with Crippen LogP contribution in [0.1, 0.15) is 15.9 Å². The number of rotatable bonds is 6. The molecule has 1 amide bonds. The van der Waals surface area contributed by atoms with Gasteiger partial charge in [0.1, 0.15) is 5.75 Å². The largest absolute Gasteiger partial charge is 0.435 e. The Bertz CT molecular complexity index is 880. The summed E-state index contributed by atoms with van der Waals surface area (Å²) < 4.78 is 30.2. The van der Waals surface area contributed by atoms with Crippen LogP contribution in [-0.2, 0) is 6.54 Å². The summed E-state index contributed by atoms with van der Waals surface area (Å²) in [5, 5.41) is 7.59. The molecule has 134 valence electrons. The van der Waals surface area contributed by atoms with E-state index in [-0.39, 0.29) is 5.75 Å². The highest BCUT2D eigenvalue weighted by Crippen LogP contribution is 2.16. The van der Waals surface area contributed by atoms with E-state index in [0.717, 1.165) is 5.56 Å². The Morgan fingerprint density at radius 2 is 1.81 bits per heavy atom. The van der Waals surface area contributed by atoms with E-state index in [1.54, 1.807) is 29.1 Å². The lowest BCUT2D eigenvalue weighted by Crippen LogP contribution is -2.13. The minimum absolute atomic E-state index is 0.0104. The minimum Gasteiger partial charge on any atom is -0.435 e. The van der Waals surface area contributed by atoms with Crippen molar-refractivity contribution in [1.82, 2.24) is 9.78 Å². The van der Waals surface area contributed by atoms with Gasteiger partial charge in [0, 0.05) is 22.8 Å². The smallest absolute Gasteiger partial charge is 0.387 e. The monoisotopic (exact) mass is 377 g/mol. The average Bonchev–Trinajstić information content (AvgIpc) is 3.04. The number of hydrogen-bond donors (Lipinski definition) is 1. The van der Waals surface area contributed by atoms with Gasteiger partial charge >= 0.3 is 6.61 Å². The third-order valence-corrected chi connectivity index (χ3v) is 3.73. The Kier molecular flexibility index (Phi) is 5.48. The van der Waals surface area contributed by atoms with Gasteiger partial charge < -0.3 is 10.1 Å². The maximum atomic E-state index is 12.2. The van der Waals surface area contributed by atoms with E-state index >= 15 is 0 Å². The van der Waals surface area contributed by atoms with E-state index in [1.165, 1.54) is 24.3 Å². The van der Waals surface area contributed by atoms with Crippen LogP contribution in [0.25, 0.3) is 0 Å². The third-order valence-electron chi connectivity index (χ3n) is 3.48. The Hall–Kier alpha value is -2.93. The second-order valence-corrected chi connectivity index (χ2v) is 5.82. The molecule has 5 nitrogen and oxygen atoms in total. The first-order chi connectivity index (χ1) is 12.5. The number of alkyl halides is 2. The van der Waals surface area contributed by atoms with E-state index < -0.39 is 12.5 Å². The molecule has 1 aromatic heterocycles. The molecule has 0 aliphatic rings. The zero-order valence-corrected chi connectivity index (χ0v) is 14.2. The Balaban J connectivity index is 1.61. The third kappa shape index (κ3) is 4.80. The maximum Gasteiger partial charge on any atom is 0.387 e. The normalized spacial score (nSPS) is 10.8. The fraction of sp³-hybridized carbons (Fsp3) is 0.111. The first kappa shape index (κ1) is 17.9. The van der Waals surface area contributed by atoms with Crippen molar-refractivity contribution in [1.29, 1.82) is 0 Å². The van der Waals surface area contributed by atoms with Crippen LogP contribution in [-0.4, -0.2) is 22.3 Å². The molecule has 1 heterocycles. The molecular weight excluding hydrogens is 364 g/mol. The summed E-state index contributed by atoms with van der Waals surface area (Å²) in [4.78, 5) is 12.2. The van der Waals surface area contributed by atoms with Gasteiger partial charge in [0.05, 0.1) is 6.54 Å². The molecule has 0 aliphatic carbocycles. The van der Waals surface area contributed by atoms with Crippen LogP contribution >= 0.6 is 11.6 Å². The number of anilines is 1. The standard InChI is InChI=1S/C18H14ClF2N3O2/c19-14-5-1-12(2-6-14)11-24-10-9-16(23-24)22-17(25)13-3-7-15(8-4-13)26-18(20)21/h1-10,18H,11H2,(H,22,23,25). The van der Waals surface area contributed by atoms with E-state index in [4.69, 9.17) is 11.6 Å². The predicted octanol–water partition coefficient (Wildman–Crippen LogP) is 4.44. The van der Waals surface area contributed by atoms with Gasteiger partial charge in [-0.2, -0.15) is 13.9 Å². The summed E-state index contributed by atoms with van der Waals surface area (Å²) in [5.74, 6) is -0.0222. The Morgan fingerprint density at radius 1 is 1.12 bits per heavy atom. The number of carbonyl (C=O) groups is 1. The van der Waals surface area contributed by atoms with Crippen molar-refractivity contribution in [3.05, 3.63) is 76.9 Å². The number of nitrogens with one attached hydrogen (secondary N) is 1. The van der Waals surface area contributed by atoms with Gasteiger partial charge in [-0.15, -0.1) is 0 Å². The number of nitrogens with zero attached hydrogens (tertiary/aromatic N) is 2. The summed E-state index contributed by atoms with van der Waals surface area (Å²) in [6.45, 7) is -2.37. The van der Waals surface area contributed by atoms with Crippen molar-refractivity contribution >= 4 is 23.3 Å². The molecule has 0 unspecified atom stereocenters. The SMILES string of the molecule is O=C(Nc1ccn(Cc2ccc(Cl)cc2)n1)c1ccc(OC(F)F)cc1. The van der Waals surface area contributed by atoms with Gasteiger partial charge in [0.15, 0.2) is 5.82 Å². The molecule has 0 bridgehead atoms. The molecule has 2 aromatic carbocycles. The van der Waals surface area contributed by atoms with Gasteiger partial charge in [0.2, 0.25) is 0 Å². The predicted molar refractivity (Wildman–Crippen MR) is 93.8 cm³/mol. The van der Waals surface area contributed by atoms with E-state index in [9.17, 15) is 13.6 Å². The van der Waals surface area contributed by atoms with Crippen molar-refractivity contribution in [2.45, 2.75) is 13.2 Å². The molecule has 0 saturated carbocycles. The highest BCUT2D eigenvalue weighted by molar-refractivity contribution is 6.30. The van der Waals surface area contributed by atoms with E-state index in [0.29, 0.717) is 22.9 Å². The molecule has 0 fully saturated rings. The average molecular weight is 378 g/mol. The second-order valence-electron chi connectivity index (χ2n) is 5.38. The second kappa shape index (κ2) is 7.97. The minimum atomic E-state index is -2.90. The van der Waals surface area contributed by atoms with Crippen molar-refractivity contribution in [2.75, 3.05) is 5.32 Å². The van der Waals surface area contributed by atoms with Gasteiger partial charge in [-0.3, -0.25) is 9.48 Å². The molecule has 8 heteroatoms. The van der Waals surface area contributed by atoms with Crippen LogP contribution in [0.3, 0.4) is 0 Å². The Labute approximate surface area is 153 Å². The number of ether oxygens (including phenoxy) is 1. The molecule has 0 atom stereocenters. The van der Waals surface area contributed by atoms with Gasteiger partial charge in [-0.25, -0.2) is 0 Å². The summed E-state index contributed by atoms with van der Waals surface area (Å²) in [6, 6.07) is 14.5. The molecule has 26 heavy (non-hydrogen) atoms. The number of benzene rings is 2. The molecule has 1 N–H and O–H groups in total. The summed E-state index contributed by atoms with van der Waals surface area (Å²) in [7, 11) is 0. The topological polar surface area (TPSA) is 56.2 Å². The highest BCUT2D eigenvalue weighted by Gasteiger charge is 2.10. The summed E-state index contributed by atoms with van der Waals surface area (Å²) in [6.07, 6.45) is 1.74. The number of halogens is 3. The van der Waals surface area contributed by atoms with Crippen molar-refractivity contribution in [2.24, 2.45) is 0 Å². The fourth-order valence-corrected chi connectivity index (χ4v) is 2.40. The van der Waals surface area contributed by atoms with Gasteiger partial charge in [0.25, 0.3) is 5.91 Å². The molecule has 0 saturated heterocycles. The van der Waals surface area contributed by atoms with Crippen LogP contribution < -0.4 is 10.1 Å². The quantitative estimate of drug-likeness (QED) is 0.691. The molecular formula is C18H14ClF2N3O2. The zero-order valence-electron chi connectivity index (χ0n) is 13.4. The Morgan fingerprint density at radius 3 is 2.46 bits per heavy atom. The number of amides is 1. The van der Waals surface area contributed by atoms with Crippen LogP contribution in [0.5, 0.6) is 5.75 Å². The molecule has 3 aromatic rings. The molecule has 0 aliphatic heterocycles. The van der Waals surface area contributed by atoms with Gasteiger partial charge in [-0.05, 0) is 42.0 Å². The first-order valence-corrected chi connectivity index (χ1v) is 8.01. The van der Waals surface area contributed by atoms with Crippen LogP contribution in [0.4, 0.5) is 14.6 Å². The summed E-state index contributed by atoms with van der Waals surface area (Å²) >= 11 is 5.85. The molecule has 0 radical (unpaired) electrons. The van der Waals surface area contributed by atoms with Crippen LogP contribution in [0.2, 0.25) is 5.02 Å². The fourth-order valence-electron chi connectivity index (χ4n) is 2.27. The van der Waals surface area contributed by atoms with Crippen molar-refractivity contribution < 1.29 is 18.3 Å². The molecule has 0 spiro atoms. The lowest BCUT2D eigenvalue weighted by molar-refractivity contribution is -0.0498. The first-order valence-electron chi connectivity index (χ1n) is 7.64. The lowest BCUT2D eigenvalue weighted by atomic mass is 10.2. The maximum absolute atomic E-state index is 12.2. The summed E-state index contributed by atoms with van der Waals surface area (Å²) in [5.41, 5.74) is 1.32. The number of aromatic nitrogens is 2. The van der Waals surface area contributed by atoms with E-state index in [1.807, 2.05) is 12.1 Å². The molecule has 3 rings (SSSR count). The van der Waals surface area contributed by atoms with Crippen molar-refractivity contribution in [3.8, 4) is 5.75 Å². The number of hydrogen-bond acceptors (Lipinski definition) is 3. The number of carbonyl (C=O) groups excluding carboxylic acids is 1. The lowest BCUT2D eigenvalue weighted by Gasteiger charge is -2.06.